The van der Waals surface area contributed by atoms with Crippen molar-refractivity contribution in [2.24, 2.45) is 5.73 Å². The molecule has 1 amide bonds. The lowest BCUT2D eigenvalue weighted by molar-refractivity contribution is 0.0999. The van der Waals surface area contributed by atoms with Crippen molar-refractivity contribution >= 4 is 38.8 Å². The number of anilines is 2. The van der Waals surface area contributed by atoms with Crippen molar-refractivity contribution in [3.8, 4) is 11.4 Å². The van der Waals surface area contributed by atoms with Crippen molar-refractivity contribution in [3.63, 3.8) is 0 Å². The fourth-order valence-corrected chi connectivity index (χ4v) is 5.32. The predicted octanol–water partition coefficient (Wildman–Crippen LogP) is 6.03. The van der Waals surface area contributed by atoms with Crippen LogP contribution in [-0.4, -0.2) is 15.5 Å². The Bertz CT molecular complexity index is 1230. The highest BCUT2D eigenvalue weighted by Crippen LogP contribution is 2.38. The second-order valence-electron chi connectivity index (χ2n) is 7.89. The van der Waals surface area contributed by atoms with Gasteiger partial charge in [-0.25, -0.2) is 4.98 Å². The third kappa shape index (κ3) is 3.27. The van der Waals surface area contributed by atoms with E-state index in [0.717, 1.165) is 46.1 Å². The van der Waals surface area contributed by atoms with Gasteiger partial charge in [0.15, 0.2) is 5.13 Å². The van der Waals surface area contributed by atoms with Crippen molar-refractivity contribution < 1.29 is 4.79 Å². The van der Waals surface area contributed by atoms with E-state index >= 15 is 0 Å². The minimum Gasteiger partial charge on any atom is -0.366 e. The van der Waals surface area contributed by atoms with Crippen LogP contribution in [0.15, 0.2) is 53.9 Å². The molecule has 5 rings (SSSR count). The Labute approximate surface area is 179 Å². The number of rotatable bonds is 5. The zero-order valence-electron chi connectivity index (χ0n) is 16.9. The van der Waals surface area contributed by atoms with E-state index in [1.165, 1.54) is 18.2 Å². The Hall–Kier alpha value is -3.12. The number of benzene rings is 2. The summed E-state index contributed by atoms with van der Waals surface area (Å²) in [5, 5.41) is 8.72. The minimum atomic E-state index is -0.380. The Morgan fingerprint density at radius 1 is 1.17 bits per heavy atom. The summed E-state index contributed by atoms with van der Waals surface area (Å²) in [6, 6.07) is 16.9. The Morgan fingerprint density at radius 3 is 2.73 bits per heavy atom. The van der Waals surface area contributed by atoms with Crippen LogP contribution >= 0.6 is 11.3 Å². The molecule has 0 aliphatic heterocycles. The van der Waals surface area contributed by atoms with Crippen LogP contribution in [0, 0.1) is 6.92 Å². The summed E-state index contributed by atoms with van der Waals surface area (Å²) in [5.74, 6) is -0.380. The lowest BCUT2D eigenvalue weighted by Crippen LogP contribution is -2.14. The number of hydrogen-bond acceptors (Lipinski definition) is 4. The van der Waals surface area contributed by atoms with Gasteiger partial charge in [-0.3, -0.25) is 4.79 Å². The molecule has 3 N–H and O–H groups in total. The second-order valence-corrected chi connectivity index (χ2v) is 8.75. The van der Waals surface area contributed by atoms with E-state index in [9.17, 15) is 4.79 Å². The molecule has 0 unspecified atom stereocenters. The molecule has 1 aliphatic rings. The molecule has 1 aliphatic carbocycles. The summed E-state index contributed by atoms with van der Waals surface area (Å²) < 4.78 is 2.28. The lowest BCUT2D eigenvalue weighted by Gasteiger charge is -2.18. The van der Waals surface area contributed by atoms with Gasteiger partial charge in [0.05, 0.1) is 17.0 Å². The molecular formula is C24H24N4OS. The fourth-order valence-electron chi connectivity index (χ4n) is 4.60. The number of carbonyl (C=O) groups excluding carboxylic acids is 1. The molecule has 6 heteroatoms. The number of amides is 1. The molecular weight excluding hydrogens is 392 g/mol. The average molecular weight is 417 g/mol. The molecule has 4 aromatic rings. The highest BCUT2D eigenvalue weighted by atomic mass is 32.1. The molecule has 152 valence electrons. The topological polar surface area (TPSA) is 72.9 Å². The first-order chi connectivity index (χ1) is 14.6. The molecule has 30 heavy (non-hydrogen) atoms. The summed E-state index contributed by atoms with van der Waals surface area (Å²) in [4.78, 5) is 16.8. The normalized spacial score (nSPS) is 14.4. The van der Waals surface area contributed by atoms with E-state index in [4.69, 9.17) is 10.7 Å². The molecule has 5 nitrogen and oxygen atoms in total. The van der Waals surface area contributed by atoms with E-state index in [1.807, 2.05) is 31.2 Å². The van der Waals surface area contributed by atoms with Crippen LogP contribution in [0.1, 0.15) is 47.8 Å². The van der Waals surface area contributed by atoms with Crippen molar-refractivity contribution in [2.75, 3.05) is 5.32 Å². The molecule has 0 bridgehead atoms. The van der Waals surface area contributed by atoms with Gasteiger partial charge in [0.25, 0.3) is 5.91 Å². The van der Waals surface area contributed by atoms with Crippen LogP contribution in [0.5, 0.6) is 0 Å². The molecule has 0 atom stereocenters. The number of nitrogens with one attached hydrogen (secondary N) is 1. The third-order valence-corrected chi connectivity index (χ3v) is 6.80. The standard InChI is InChI=1S/C24H24N4OS/c1-15-19(23(25)29)13-22(28(15)17-9-3-4-10-17)21-14-30-24(27-21)26-20-12-6-8-16-7-2-5-11-18(16)20/h2,5-8,11-14,17H,3-4,9-10H2,1H3,(H2,25,29)(H,26,27). The highest BCUT2D eigenvalue weighted by Gasteiger charge is 2.26. The van der Waals surface area contributed by atoms with Gasteiger partial charge in [-0.2, -0.15) is 0 Å². The van der Waals surface area contributed by atoms with Crippen molar-refractivity contribution in [1.29, 1.82) is 0 Å². The zero-order chi connectivity index (χ0) is 20.7. The van der Waals surface area contributed by atoms with Crippen LogP contribution < -0.4 is 11.1 Å². The summed E-state index contributed by atoms with van der Waals surface area (Å²) in [6.45, 7) is 1.99. The molecule has 0 radical (unpaired) electrons. The van der Waals surface area contributed by atoms with Crippen LogP contribution in [0.4, 0.5) is 10.8 Å². The van der Waals surface area contributed by atoms with E-state index < -0.39 is 0 Å². The number of primary amides is 1. The Morgan fingerprint density at radius 2 is 1.93 bits per heavy atom. The molecule has 2 aromatic carbocycles. The van der Waals surface area contributed by atoms with E-state index in [0.29, 0.717) is 11.6 Å². The number of nitrogens with two attached hydrogens (primary N) is 1. The summed E-state index contributed by atoms with van der Waals surface area (Å²) in [5.41, 5.74) is 10.1. The average Bonchev–Trinajstić information content (AvgIpc) is 3.48. The molecule has 0 spiro atoms. The maximum absolute atomic E-state index is 12.0. The first-order valence-corrected chi connectivity index (χ1v) is 11.2. The van der Waals surface area contributed by atoms with Crippen molar-refractivity contribution in [3.05, 3.63) is 65.2 Å². The largest absolute Gasteiger partial charge is 0.366 e. The smallest absolute Gasteiger partial charge is 0.250 e. The summed E-state index contributed by atoms with van der Waals surface area (Å²) in [7, 11) is 0. The summed E-state index contributed by atoms with van der Waals surface area (Å²) >= 11 is 1.57. The van der Waals surface area contributed by atoms with Gasteiger partial charge in [-0.05, 0) is 37.3 Å². The predicted molar refractivity (Wildman–Crippen MR) is 124 cm³/mol. The van der Waals surface area contributed by atoms with E-state index in [-0.39, 0.29) is 5.91 Å². The van der Waals surface area contributed by atoms with Crippen LogP contribution in [0.3, 0.4) is 0 Å². The number of hydrogen-bond donors (Lipinski definition) is 2. The molecule has 0 saturated heterocycles. The Kier molecular flexibility index (Phi) is 4.79. The monoisotopic (exact) mass is 416 g/mol. The van der Waals surface area contributed by atoms with Gasteiger partial charge >= 0.3 is 0 Å². The molecule has 2 aromatic heterocycles. The highest BCUT2D eigenvalue weighted by molar-refractivity contribution is 7.14. The van der Waals surface area contributed by atoms with Gasteiger partial charge in [0, 0.05) is 28.2 Å². The van der Waals surface area contributed by atoms with Crippen molar-refractivity contribution in [1.82, 2.24) is 9.55 Å². The van der Waals surface area contributed by atoms with Gasteiger partial charge in [0.1, 0.15) is 0 Å². The number of carbonyl (C=O) groups is 1. The van der Waals surface area contributed by atoms with Crippen LogP contribution in [0.25, 0.3) is 22.2 Å². The third-order valence-electron chi connectivity index (χ3n) is 6.04. The molecule has 1 saturated carbocycles. The van der Waals surface area contributed by atoms with Crippen LogP contribution in [-0.2, 0) is 0 Å². The van der Waals surface area contributed by atoms with Crippen LogP contribution in [0.2, 0.25) is 0 Å². The second kappa shape index (κ2) is 7.61. The number of nitrogens with zero attached hydrogens (tertiary/aromatic N) is 2. The molecule has 2 heterocycles. The SMILES string of the molecule is Cc1c(C(N)=O)cc(-c2csc(Nc3cccc4ccccc34)n2)n1C1CCCC1. The number of fused-ring (bicyclic) bond motifs is 1. The number of aromatic nitrogens is 2. The maximum Gasteiger partial charge on any atom is 0.250 e. The number of thiazole rings is 1. The minimum absolute atomic E-state index is 0.380. The Balaban J connectivity index is 1.52. The van der Waals surface area contributed by atoms with Gasteiger partial charge in [-0.15, -0.1) is 11.3 Å². The van der Waals surface area contributed by atoms with E-state index in [1.54, 1.807) is 11.3 Å². The van der Waals surface area contributed by atoms with Gasteiger partial charge in [-0.1, -0.05) is 49.2 Å². The van der Waals surface area contributed by atoms with Crippen molar-refractivity contribution in [2.45, 2.75) is 38.6 Å². The molecule has 1 fully saturated rings. The first kappa shape index (κ1) is 18.9. The quantitative estimate of drug-likeness (QED) is 0.417. The lowest BCUT2D eigenvalue weighted by atomic mass is 10.1. The maximum atomic E-state index is 12.0. The van der Waals surface area contributed by atoms with E-state index in [2.05, 4.69) is 39.5 Å². The first-order valence-electron chi connectivity index (χ1n) is 10.3. The van der Waals surface area contributed by atoms with Gasteiger partial charge < -0.3 is 15.6 Å². The zero-order valence-corrected chi connectivity index (χ0v) is 17.7. The summed E-state index contributed by atoms with van der Waals surface area (Å²) in [6.07, 6.45) is 4.70. The fraction of sp³-hybridized carbons (Fsp3) is 0.250. The van der Waals surface area contributed by atoms with Gasteiger partial charge in [0.2, 0.25) is 0 Å².